The van der Waals surface area contributed by atoms with Crippen molar-refractivity contribution in [2.75, 3.05) is 6.54 Å². The molecule has 0 aliphatic rings. The van der Waals surface area contributed by atoms with Crippen molar-refractivity contribution in [1.29, 1.82) is 0 Å². The summed E-state index contributed by atoms with van der Waals surface area (Å²) in [6, 6.07) is 0. The summed E-state index contributed by atoms with van der Waals surface area (Å²) in [7, 11) is 0. The van der Waals surface area contributed by atoms with E-state index in [0.717, 1.165) is 6.54 Å². The molecule has 1 atom stereocenters. The molecule has 0 spiro atoms. The van der Waals surface area contributed by atoms with Gasteiger partial charge in [-0.25, -0.2) is 0 Å². The molecule has 0 bridgehead atoms. The summed E-state index contributed by atoms with van der Waals surface area (Å²) in [5.74, 6) is 0.565. The van der Waals surface area contributed by atoms with Crippen LogP contribution < -0.4 is 0 Å². The van der Waals surface area contributed by atoms with Crippen molar-refractivity contribution in [3.63, 3.8) is 0 Å². The van der Waals surface area contributed by atoms with E-state index in [1.807, 2.05) is 0 Å². The molecular formula is C16H29N. The zero-order chi connectivity index (χ0) is 13.3. The van der Waals surface area contributed by atoms with E-state index in [0.29, 0.717) is 5.92 Å². The van der Waals surface area contributed by atoms with Gasteiger partial charge in [-0.15, -0.1) is 0 Å². The fourth-order valence-electron chi connectivity index (χ4n) is 1.34. The number of unbranched alkanes of at least 4 members (excludes halogenated alkanes) is 1. The van der Waals surface area contributed by atoms with E-state index < -0.39 is 0 Å². The Bertz CT molecular complexity index is 280. The second-order valence-corrected chi connectivity index (χ2v) is 5.51. The van der Waals surface area contributed by atoms with Crippen molar-refractivity contribution >= 4 is 6.21 Å². The van der Waals surface area contributed by atoms with E-state index in [1.54, 1.807) is 0 Å². The molecule has 0 aromatic carbocycles. The second kappa shape index (κ2) is 8.27. The summed E-state index contributed by atoms with van der Waals surface area (Å²) in [5, 5.41) is 0. The number of aliphatic imine (C=N–C) groups is 1. The Kier molecular flexibility index (Phi) is 7.86. The van der Waals surface area contributed by atoms with Gasteiger partial charge in [0, 0.05) is 18.2 Å². The smallest absolute Gasteiger partial charge is 0.0385 e. The molecule has 0 heterocycles. The van der Waals surface area contributed by atoms with Crippen molar-refractivity contribution in [1.82, 2.24) is 0 Å². The molecule has 1 nitrogen and oxygen atoms in total. The lowest BCUT2D eigenvalue weighted by Crippen LogP contribution is -2.22. The molecule has 0 aromatic rings. The Morgan fingerprint density at radius 1 is 1.29 bits per heavy atom. The van der Waals surface area contributed by atoms with Crippen molar-refractivity contribution in [3.05, 3.63) is 23.8 Å². The van der Waals surface area contributed by atoms with E-state index in [9.17, 15) is 0 Å². The molecule has 0 rings (SSSR count). The highest BCUT2D eigenvalue weighted by Gasteiger charge is 2.22. The molecule has 1 unspecified atom stereocenters. The summed E-state index contributed by atoms with van der Waals surface area (Å²) in [5.41, 5.74) is 1.40. The van der Waals surface area contributed by atoms with Crippen LogP contribution >= 0.6 is 0 Å². The number of hydrogen-bond acceptors (Lipinski definition) is 1. The van der Waals surface area contributed by atoms with Gasteiger partial charge >= 0.3 is 0 Å². The van der Waals surface area contributed by atoms with Gasteiger partial charge in [-0.1, -0.05) is 57.9 Å². The Balaban J connectivity index is 4.62. The average Bonchev–Trinajstić information content (AvgIpc) is 2.23. The van der Waals surface area contributed by atoms with Crippen molar-refractivity contribution < 1.29 is 0 Å². The third kappa shape index (κ3) is 7.14. The molecule has 0 N–H and O–H groups in total. The first-order valence-corrected chi connectivity index (χ1v) is 6.76. The Morgan fingerprint density at radius 3 is 2.41 bits per heavy atom. The first-order valence-electron chi connectivity index (χ1n) is 6.76. The van der Waals surface area contributed by atoms with Crippen molar-refractivity contribution in [2.24, 2.45) is 16.3 Å². The Morgan fingerprint density at radius 2 is 1.94 bits per heavy atom. The Hall–Kier alpha value is -0.850. The lowest BCUT2D eigenvalue weighted by molar-refractivity contribution is 0.422. The van der Waals surface area contributed by atoms with Crippen LogP contribution in [0.4, 0.5) is 0 Å². The quantitative estimate of drug-likeness (QED) is 0.333. The second-order valence-electron chi connectivity index (χ2n) is 5.51. The van der Waals surface area contributed by atoms with Gasteiger partial charge in [-0.05, 0) is 26.2 Å². The van der Waals surface area contributed by atoms with Gasteiger partial charge in [0.15, 0.2) is 0 Å². The van der Waals surface area contributed by atoms with Crippen molar-refractivity contribution in [3.8, 4) is 0 Å². The predicted molar refractivity (Wildman–Crippen MR) is 79.8 cm³/mol. The van der Waals surface area contributed by atoms with Gasteiger partial charge in [0.2, 0.25) is 0 Å². The summed E-state index contributed by atoms with van der Waals surface area (Å²) >= 11 is 0. The van der Waals surface area contributed by atoms with Crippen LogP contribution in [-0.2, 0) is 0 Å². The standard InChI is InChI=1S/C16H29N/c1-7-8-12-17-13-16(6,15(4)5)11-9-10-14(2)3/h9-11,13,15H,7-8,12H2,1-6H3/b11-9-,17-13?. The topological polar surface area (TPSA) is 12.4 Å². The van der Waals surface area contributed by atoms with Gasteiger partial charge in [-0.2, -0.15) is 0 Å². The fourth-order valence-corrected chi connectivity index (χ4v) is 1.34. The minimum atomic E-state index is 0.0691. The Labute approximate surface area is 108 Å². The van der Waals surface area contributed by atoms with Crippen LogP contribution in [0.5, 0.6) is 0 Å². The van der Waals surface area contributed by atoms with E-state index in [4.69, 9.17) is 0 Å². The lowest BCUT2D eigenvalue weighted by Gasteiger charge is -2.25. The third-order valence-electron chi connectivity index (χ3n) is 3.14. The van der Waals surface area contributed by atoms with E-state index >= 15 is 0 Å². The summed E-state index contributed by atoms with van der Waals surface area (Å²) in [4.78, 5) is 4.56. The zero-order valence-electron chi connectivity index (χ0n) is 12.5. The molecule has 0 amide bonds. The number of allylic oxidation sites excluding steroid dienone is 4. The zero-order valence-corrected chi connectivity index (χ0v) is 12.5. The minimum Gasteiger partial charge on any atom is -0.297 e. The van der Waals surface area contributed by atoms with Gasteiger partial charge in [0.25, 0.3) is 0 Å². The van der Waals surface area contributed by atoms with Crippen LogP contribution in [0.2, 0.25) is 0 Å². The first kappa shape index (κ1) is 16.1. The molecule has 98 valence electrons. The lowest BCUT2D eigenvalue weighted by atomic mass is 9.80. The molecule has 17 heavy (non-hydrogen) atoms. The van der Waals surface area contributed by atoms with E-state index in [2.05, 4.69) is 71.0 Å². The largest absolute Gasteiger partial charge is 0.297 e. The van der Waals surface area contributed by atoms with Crippen LogP contribution in [-0.4, -0.2) is 12.8 Å². The normalized spacial score (nSPS) is 15.7. The molecule has 0 saturated heterocycles. The molecule has 0 fully saturated rings. The highest BCUT2D eigenvalue weighted by molar-refractivity contribution is 5.68. The number of rotatable bonds is 7. The van der Waals surface area contributed by atoms with E-state index in [-0.39, 0.29) is 5.41 Å². The summed E-state index contributed by atoms with van der Waals surface area (Å²) in [6.07, 6.45) is 11.1. The highest BCUT2D eigenvalue weighted by atomic mass is 14.7. The molecular weight excluding hydrogens is 206 g/mol. The van der Waals surface area contributed by atoms with Crippen molar-refractivity contribution in [2.45, 2.75) is 54.4 Å². The minimum absolute atomic E-state index is 0.0691. The van der Waals surface area contributed by atoms with Crippen LogP contribution in [0.25, 0.3) is 0 Å². The molecule has 1 heteroatoms. The SMILES string of the molecule is CCCCN=CC(C)(/C=C\C=C(C)C)C(C)C. The first-order chi connectivity index (χ1) is 7.92. The average molecular weight is 235 g/mol. The molecule has 0 aromatic heterocycles. The van der Waals surface area contributed by atoms with Crippen LogP contribution in [0.3, 0.4) is 0 Å². The maximum atomic E-state index is 4.56. The van der Waals surface area contributed by atoms with Crippen LogP contribution in [0.15, 0.2) is 28.8 Å². The molecule has 0 aliphatic carbocycles. The summed E-state index contributed by atoms with van der Waals surface area (Å²) in [6.45, 7) is 14.1. The highest BCUT2D eigenvalue weighted by Crippen LogP contribution is 2.26. The maximum Gasteiger partial charge on any atom is 0.0385 e. The predicted octanol–water partition coefficient (Wildman–Crippen LogP) is 5.04. The van der Waals surface area contributed by atoms with Crippen LogP contribution in [0.1, 0.15) is 54.4 Å². The number of nitrogens with zero attached hydrogens (tertiary/aromatic N) is 1. The van der Waals surface area contributed by atoms with Gasteiger partial charge in [0.05, 0.1) is 0 Å². The maximum absolute atomic E-state index is 4.56. The fraction of sp³-hybridized carbons (Fsp3) is 0.688. The van der Waals surface area contributed by atoms with Gasteiger partial charge in [0.1, 0.15) is 0 Å². The molecule has 0 radical (unpaired) electrons. The van der Waals surface area contributed by atoms with Gasteiger partial charge < -0.3 is 0 Å². The van der Waals surface area contributed by atoms with Crippen LogP contribution in [0, 0.1) is 11.3 Å². The van der Waals surface area contributed by atoms with Gasteiger partial charge in [-0.3, -0.25) is 4.99 Å². The molecule has 0 saturated carbocycles. The monoisotopic (exact) mass is 235 g/mol. The third-order valence-corrected chi connectivity index (χ3v) is 3.14. The molecule has 0 aliphatic heterocycles. The number of hydrogen-bond donors (Lipinski definition) is 0. The van der Waals surface area contributed by atoms with E-state index in [1.165, 1.54) is 18.4 Å². The summed E-state index contributed by atoms with van der Waals surface area (Å²) < 4.78 is 0.